The Kier molecular flexibility index (Phi) is 6.31. The summed E-state index contributed by atoms with van der Waals surface area (Å²) < 4.78 is 16.3. The number of aromatic nitrogens is 2. The van der Waals surface area contributed by atoms with Crippen LogP contribution < -0.4 is 5.32 Å². The minimum atomic E-state index is -2.00. The van der Waals surface area contributed by atoms with E-state index in [0.29, 0.717) is 0 Å². The van der Waals surface area contributed by atoms with Gasteiger partial charge in [0.2, 0.25) is 0 Å². The van der Waals surface area contributed by atoms with Crippen molar-refractivity contribution in [3.63, 3.8) is 0 Å². The van der Waals surface area contributed by atoms with E-state index in [0.717, 1.165) is 23.8 Å². The van der Waals surface area contributed by atoms with Gasteiger partial charge in [-0.05, 0) is 66.7 Å². The molecule has 2 aliphatic rings. The standard InChI is InChI=1S/C26H45N3O2Si2/c1-25(2,3)32(7,8)30-21-15-27-23(24(21)31-33(9,10)26(4,5)6)20-17-29-16-19(18-11-12-18)13-14-22(29)28-20/h13-14,16-18,21,23-24,27H,11-12,15H2,1-10H3/t21?,23-,24?/m0/s1. The fraction of sp³-hybridized carbons (Fsp3) is 0.731. The Morgan fingerprint density at radius 2 is 1.52 bits per heavy atom. The van der Waals surface area contributed by atoms with Crippen LogP contribution in [0.25, 0.3) is 5.65 Å². The molecule has 1 N–H and O–H groups in total. The monoisotopic (exact) mass is 487 g/mol. The Bertz CT molecular complexity index is 999. The van der Waals surface area contributed by atoms with Crippen LogP contribution in [-0.4, -0.2) is 44.8 Å². The van der Waals surface area contributed by atoms with E-state index in [1.54, 1.807) is 0 Å². The van der Waals surface area contributed by atoms with Gasteiger partial charge in [-0.25, -0.2) is 4.98 Å². The molecule has 1 saturated carbocycles. The average molecular weight is 488 g/mol. The van der Waals surface area contributed by atoms with Crippen LogP contribution in [0.2, 0.25) is 36.3 Å². The molecule has 0 bridgehead atoms. The van der Waals surface area contributed by atoms with Gasteiger partial charge in [-0.3, -0.25) is 0 Å². The highest BCUT2D eigenvalue weighted by molar-refractivity contribution is 6.74. The quantitative estimate of drug-likeness (QED) is 0.464. The van der Waals surface area contributed by atoms with Crippen molar-refractivity contribution in [3.8, 4) is 0 Å². The van der Waals surface area contributed by atoms with Gasteiger partial charge in [0.05, 0.1) is 23.9 Å². The number of nitrogens with one attached hydrogen (secondary N) is 1. The summed E-state index contributed by atoms with van der Waals surface area (Å²) in [4.78, 5) is 5.03. The molecule has 5 nitrogen and oxygen atoms in total. The summed E-state index contributed by atoms with van der Waals surface area (Å²) >= 11 is 0. The summed E-state index contributed by atoms with van der Waals surface area (Å²) in [7, 11) is -3.94. The summed E-state index contributed by atoms with van der Waals surface area (Å²) in [5.41, 5.74) is 3.50. The lowest BCUT2D eigenvalue weighted by Gasteiger charge is -2.43. The van der Waals surface area contributed by atoms with Gasteiger partial charge in [0.15, 0.2) is 16.6 Å². The first kappa shape index (κ1) is 25.1. The molecule has 7 heteroatoms. The van der Waals surface area contributed by atoms with E-state index in [2.05, 4.69) is 102 Å². The third-order valence-corrected chi connectivity index (χ3v) is 17.6. The average Bonchev–Trinajstić information content (AvgIpc) is 3.33. The lowest BCUT2D eigenvalue weighted by Crippen LogP contribution is -2.51. The van der Waals surface area contributed by atoms with E-state index in [-0.39, 0.29) is 28.3 Å². The van der Waals surface area contributed by atoms with Gasteiger partial charge in [-0.2, -0.15) is 0 Å². The number of hydrogen-bond donors (Lipinski definition) is 1. The van der Waals surface area contributed by atoms with Crippen molar-refractivity contribution in [2.24, 2.45) is 0 Å². The maximum Gasteiger partial charge on any atom is 0.192 e. The van der Waals surface area contributed by atoms with Crippen LogP contribution in [0.1, 0.15) is 77.6 Å². The van der Waals surface area contributed by atoms with Crippen LogP contribution in [0.15, 0.2) is 24.5 Å². The van der Waals surface area contributed by atoms with Crippen molar-refractivity contribution < 1.29 is 8.85 Å². The van der Waals surface area contributed by atoms with E-state index in [1.165, 1.54) is 18.4 Å². The van der Waals surface area contributed by atoms with Gasteiger partial charge in [0.25, 0.3) is 0 Å². The topological polar surface area (TPSA) is 47.8 Å². The molecular formula is C26H45N3O2Si2. The Balaban J connectivity index is 1.66. The number of fused-ring (bicyclic) bond motifs is 1. The minimum Gasteiger partial charge on any atom is -0.410 e. The number of rotatable bonds is 6. The van der Waals surface area contributed by atoms with Crippen molar-refractivity contribution in [1.29, 1.82) is 0 Å². The highest BCUT2D eigenvalue weighted by Crippen LogP contribution is 2.44. The van der Waals surface area contributed by atoms with Gasteiger partial charge in [-0.15, -0.1) is 0 Å². The molecule has 0 aromatic carbocycles. The molecule has 1 aliphatic heterocycles. The highest BCUT2D eigenvalue weighted by Gasteiger charge is 2.49. The molecule has 33 heavy (non-hydrogen) atoms. The van der Waals surface area contributed by atoms with Crippen LogP contribution in [0.4, 0.5) is 0 Å². The summed E-state index contributed by atoms with van der Waals surface area (Å²) in [6.07, 6.45) is 7.10. The van der Waals surface area contributed by atoms with E-state index < -0.39 is 16.6 Å². The number of nitrogens with zero attached hydrogens (tertiary/aromatic N) is 2. The van der Waals surface area contributed by atoms with E-state index in [9.17, 15) is 0 Å². The minimum absolute atomic E-state index is 0.0344. The van der Waals surface area contributed by atoms with Crippen LogP contribution in [0.3, 0.4) is 0 Å². The number of pyridine rings is 1. The second kappa shape index (κ2) is 8.30. The fourth-order valence-corrected chi connectivity index (χ4v) is 6.77. The van der Waals surface area contributed by atoms with E-state index in [4.69, 9.17) is 13.8 Å². The SMILES string of the molecule is CC(C)(C)[Si](C)(C)OC1CN[C@@H](c2cn3cc(C4CC4)ccc3n2)C1O[Si](C)(C)C(C)(C)C. The molecule has 2 aromatic rings. The van der Waals surface area contributed by atoms with E-state index in [1.807, 2.05) is 0 Å². The molecule has 184 valence electrons. The zero-order chi connectivity index (χ0) is 24.4. The summed E-state index contributed by atoms with van der Waals surface area (Å²) in [6.45, 7) is 24.0. The van der Waals surface area contributed by atoms with Crippen LogP contribution in [-0.2, 0) is 8.85 Å². The van der Waals surface area contributed by atoms with Crippen molar-refractivity contribution >= 4 is 22.3 Å². The second-order valence-electron chi connectivity index (χ2n) is 13.3. The molecule has 3 atom stereocenters. The Hall–Kier alpha value is -0.996. The normalized spacial score (nSPS) is 25.2. The molecule has 4 rings (SSSR count). The van der Waals surface area contributed by atoms with Crippen molar-refractivity contribution in [3.05, 3.63) is 35.8 Å². The van der Waals surface area contributed by atoms with Gasteiger partial charge in [0, 0.05) is 18.9 Å². The number of imidazole rings is 1. The summed E-state index contributed by atoms with van der Waals surface area (Å²) in [5.74, 6) is 0.738. The van der Waals surface area contributed by atoms with Gasteiger partial charge < -0.3 is 18.6 Å². The maximum absolute atomic E-state index is 7.09. The lowest BCUT2D eigenvalue weighted by atomic mass is 10.1. The van der Waals surface area contributed by atoms with Crippen LogP contribution in [0, 0.1) is 0 Å². The zero-order valence-electron chi connectivity index (χ0n) is 22.5. The first-order chi connectivity index (χ1) is 15.1. The first-order valence-electron chi connectivity index (χ1n) is 12.7. The predicted octanol–water partition coefficient (Wildman–Crippen LogP) is 6.64. The Morgan fingerprint density at radius 1 is 0.909 bits per heavy atom. The third-order valence-electron chi connectivity index (χ3n) is 8.58. The van der Waals surface area contributed by atoms with Gasteiger partial charge in [0.1, 0.15) is 5.65 Å². The van der Waals surface area contributed by atoms with Crippen LogP contribution >= 0.6 is 0 Å². The second-order valence-corrected chi connectivity index (χ2v) is 22.8. The predicted molar refractivity (Wildman–Crippen MR) is 142 cm³/mol. The Labute approximate surface area is 202 Å². The molecule has 2 unspecified atom stereocenters. The van der Waals surface area contributed by atoms with Gasteiger partial charge in [-0.1, -0.05) is 47.6 Å². The number of hydrogen-bond acceptors (Lipinski definition) is 4. The molecule has 3 heterocycles. The smallest absolute Gasteiger partial charge is 0.192 e. The first-order valence-corrected chi connectivity index (χ1v) is 18.5. The highest BCUT2D eigenvalue weighted by atomic mass is 28.4. The third kappa shape index (κ3) is 5.03. The summed E-state index contributed by atoms with van der Waals surface area (Å²) in [6, 6.07) is 4.45. The molecule has 0 amide bonds. The molecular weight excluding hydrogens is 442 g/mol. The molecule has 2 aromatic heterocycles. The summed E-state index contributed by atoms with van der Waals surface area (Å²) in [5, 5.41) is 4.05. The van der Waals surface area contributed by atoms with Crippen molar-refractivity contribution in [2.45, 2.75) is 115 Å². The molecule has 0 radical (unpaired) electrons. The largest absolute Gasteiger partial charge is 0.410 e. The van der Waals surface area contributed by atoms with Crippen LogP contribution in [0.5, 0.6) is 0 Å². The van der Waals surface area contributed by atoms with Gasteiger partial charge >= 0.3 is 0 Å². The zero-order valence-corrected chi connectivity index (χ0v) is 24.5. The fourth-order valence-electron chi connectivity index (χ4n) is 4.12. The Morgan fingerprint density at radius 3 is 2.09 bits per heavy atom. The van der Waals surface area contributed by atoms with Crippen molar-refractivity contribution in [1.82, 2.24) is 14.7 Å². The van der Waals surface area contributed by atoms with E-state index >= 15 is 0 Å². The maximum atomic E-state index is 7.09. The molecule has 0 spiro atoms. The molecule has 2 fully saturated rings. The molecule has 1 saturated heterocycles. The van der Waals surface area contributed by atoms with Crippen molar-refractivity contribution in [2.75, 3.05) is 6.54 Å². The lowest BCUT2D eigenvalue weighted by molar-refractivity contribution is 0.0545. The molecule has 1 aliphatic carbocycles.